The second-order valence-electron chi connectivity index (χ2n) is 4.66. The Kier molecular flexibility index (Phi) is 5.71. The van der Waals surface area contributed by atoms with E-state index in [9.17, 15) is 14.4 Å². The molecular formula is C14H18N2O5. The molecule has 0 heterocycles. The van der Waals surface area contributed by atoms with E-state index in [1.807, 2.05) is 0 Å². The van der Waals surface area contributed by atoms with Crippen molar-refractivity contribution in [1.82, 2.24) is 4.90 Å². The fourth-order valence-electron chi connectivity index (χ4n) is 1.64. The van der Waals surface area contributed by atoms with Crippen LogP contribution in [0.25, 0.3) is 0 Å². The maximum Gasteiger partial charge on any atom is 0.308 e. The summed E-state index contributed by atoms with van der Waals surface area (Å²) in [6.07, 6.45) is 0. The third-order valence-electron chi connectivity index (χ3n) is 2.90. The Morgan fingerprint density at radius 2 is 1.95 bits per heavy atom. The van der Waals surface area contributed by atoms with Crippen molar-refractivity contribution < 1.29 is 24.2 Å². The van der Waals surface area contributed by atoms with Crippen molar-refractivity contribution in [3.8, 4) is 5.75 Å². The Bertz CT molecular complexity index is 544. The minimum absolute atomic E-state index is 0.0784. The predicted octanol–water partition coefficient (Wildman–Crippen LogP) is 0.343. The normalized spacial score (nSPS) is 11.5. The minimum Gasteiger partial charge on any atom is -0.483 e. The molecule has 3 N–H and O–H groups in total. The third kappa shape index (κ3) is 4.79. The highest BCUT2D eigenvalue weighted by atomic mass is 16.5. The highest BCUT2D eigenvalue weighted by Gasteiger charge is 2.18. The average molecular weight is 294 g/mol. The van der Waals surface area contributed by atoms with E-state index in [0.29, 0.717) is 0 Å². The Balaban J connectivity index is 2.61. The average Bonchev–Trinajstić information content (AvgIpc) is 2.44. The Labute approximate surface area is 122 Å². The molecule has 0 aliphatic carbocycles. The van der Waals surface area contributed by atoms with Gasteiger partial charge in [0.2, 0.25) is 0 Å². The number of nitrogens with zero attached hydrogens (tertiary/aromatic N) is 1. The number of primary amides is 1. The van der Waals surface area contributed by atoms with Crippen LogP contribution < -0.4 is 10.5 Å². The van der Waals surface area contributed by atoms with E-state index in [-0.39, 0.29) is 30.4 Å². The van der Waals surface area contributed by atoms with Gasteiger partial charge in [0.05, 0.1) is 11.5 Å². The van der Waals surface area contributed by atoms with Gasteiger partial charge in [-0.25, -0.2) is 0 Å². The lowest BCUT2D eigenvalue weighted by Crippen LogP contribution is -2.36. The highest BCUT2D eigenvalue weighted by Crippen LogP contribution is 2.17. The van der Waals surface area contributed by atoms with Gasteiger partial charge in [0.25, 0.3) is 11.8 Å². The SMILES string of the molecule is CC(CN(C)C(=O)COc1ccccc1C(N)=O)C(=O)O. The summed E-state index contributed by atoms with van der Waals surface area (Å²) in [4.78, 5) is 35.1. The number of carboxylic acids is 1. The lowest BCUT2D eigenvalue weighted by molar-refractivity contribution is -0.143. The number of carbonyl (C=O) groups excluding carboxylic acids is 2. The van der Waals surface area contributed by atoms with Gasteiger partial charge in [-0.05, 0) is 12.1 Å². The molecule has 21 heavy (non-hydrogen) atoms. The summed E-state index contributed by atoms with van der Waals surface area (Å²) >= 11 is 0. The van der Waals surface area contributed by atoms with Crippen molar-refractivity contribution in [2.24, 2.45) is 11.7 Å². The van der Waals surface area contributed by atoms with E-state index in [1.54, 1.807) is 12.1 Å². The van der Waals surface area contributed by atoms with E-state index >= 15 is 0 Å². The number of carbonyl (C=O) groups is 3. The Morgan fingerprint density at radius 3 is 2.52 bits per heavy atom. The molecule has 0 saturated heterocycles. The minimum atomic E-state index is -0.977. The van der Waals surface area contributed by atoms with Gasteiger partial charge < -0.3 is 20.5 Å². The molecule has 7 heteroatoms. The summed E-state index contributed by atoms with van der Waals surface area (Å²) in [6.45, 7) is 1.29. The van der Waals surface area contributed by atoms with Crippen LogP contribution in [0.2, 0.25) is 0 Å². The molecule has 114 valence electrons. The number of rotatable bonds is 7. The number of para-hydroxylation sites is 1. The lowest BCUT2D eigenvalue weighted by atomic mass is 10.2. The van der Waals surface area contributed by atoms with E-state index in [1.165, 1.54) is 31.0 Å². The van der Waals surface area contributed by atoms with Gasteiger partial charge in [0.15, 0.2) is 6.61 Å². The molecule has 1 atom stereocenters. The topological polar surface area (TPSA) is 110 Å². The van der Waals surface area contributed by atoms with Crippen LogP contribution in [0.3, 0.4) is 0 Å². The highest BCUT2D eigenvalue weighted by molar-refractivity contribution is 5.95. The monoisotopic (exact) mass is 294 g/mol. The molecule has 0 bridgehead atoms. The number of aliphatic carboxylic acids is 1. The van der Waals surface area contributed by atoms with Crippen molar-refractivity contribution in [3.63, 3.8) is 0 Å². The van der Waals surface area contributed by atoms with E-state index < -0.39 is 17.8 Å². The molecule has 0 fully saturated rings. The third-order valence-corrected chi connectivity index (χ3v) is 2.90. The fraction of sp³-hybridized carbons (Fsp3) is 0.357. The van der Waals surface area contributed by atoms with Gasteiger partial charge in [-0.1, -0.05) is 19.1 Å². The second-order valence-corrected chi connectivity index (χ2v) is 4.66. The van der Waals surface area contributed by atoms with Crippen molar-refractivity contribution in [1.29, 1.82) is 0 Å². The first-order chi connectivity index (χ1) is 9.82. The van der Waals surface area contributed by atoms with Crippen LogP contribution in [0.15, 0.2) is 24.3 Å². The van der Waals surface area contributed by atoms with Crippen molar-refractivity contribution in [2.75, 3.05) is 20.2 Å². The van der Waals surface area contributed by atoms with Crippen LogP contribution in [-0.4, -0.2) is 48.0 Å². The maximum absolute atomic E-state index is 11.8. The standard InChI is InChI=1S/C14H18N2O5/c1-9(14(19)20)7-16(2)12(17)8-21-11-6-4-3-5-10(11)13(15)18/h3-6,9H,7-8H2,1-2H3,(H2,15,18)(H,19,20). The molecule has 2 amide bonds. The number of likely N-dealkylation sites (N-methyl/N-ethyl adjacent to an activating group) is 1. The summed E-state index contributed by atoms with van der Waals surface area (Å²) in [7, 11) is 1.49. The first kappa shape index (κ1) is 16.5. The van der Waals surface area contributed by atoms with Crippen LogP contribution in [0, 0.1) is 5.92 Å². The van der Waals surface area contributed by atoms with Crippen molar-refractivity contribution in [3.05, 3.63) is 29.8 Å². The first-order valence-corrected chi connectivity index (χ1v) is 6.31. The molecule has 1 aromatic carbocycles. The van der Waals surface area contributed by atoms with Crippen LogP contribution in [0.4, 0.5) is 0 Å². The summed E-state index contributed by atoms with van der Waals surface area (Å²) in [5.41, 5.74) is 5.39. The van der Waals surface area contributed by atoms with Gasteiger partial charge in [-0.3, -0.25) is 14.4 Å². The summed E-state index contributed by atoms with van der Waals surface area (Å²) < 4.78 is 5.28. The zero-order valence-electron chi connectivity index (χ0n) is 11.9. The van der Waals surface area contributed by atoms with Crippen LogP contribution in [0.5, 0.6) is 5.75 Å². The van der Waals surface area contributed by atoms with Crippen LogP contribution in [0.1, 0.15) is 17.3 Å². The van der Waals surface area contributed by atoms with Crippen LogP contribution >= 0.6 is 0 Å². The summed E-state index contributed by atoms with van der Waals surface area (Å²) in [5.74, 6) is -2.46. The molecule has 0 aromatic heterocycles. The smallest absolute Gasteiger partial charge is 0.308 e. The van der Waals surface area contributed by atoms with Crippen molar-refractivity contribution in [2.45, 2.75) is 6.92 Å². The van der Waals surface area contributed by atoms with Crippen molar-refractivity contribution >= 4 is 17.8 Å². The van der Waals surface area contributed by atoms with Gasteiger partial charge in [0, 0.05) is 13.6 Å². The molecule has 0 aliphatic heterocycles. The zero-order chi connectivity index (χ0) is 16.0. The summed E-state index contributed by atoms with van der Waals surface area (Å²) in [6, 6.07) is 6.32. The second kappa shape index (κ2) is 7.28. The fourth-order valence-corrected chi connectivity index (χ4v) is 1.64. The number of ether oxygens (including phenoxy) is 1. The predicted molar refractivity (Wildman–Crippen MR) is 74.9 cm³/mol. The van der Waals surface area contributed by atoms with Gasteiger partial charge >= 0.3 is 5.97 Å². The Hall–Kier alpha value is -2.57. The number of hydrogen-bond acceptors (Lipinski definition) is 4. The van der Waals surface area contributed by atoms with E-state index in [0.717, 1.165) is 0 Å². The number of nitrogens with two attached hydrogens (primary N) is 1. The molecule has 1 aromatic rings. The maximum atomic E-state index is 11.8. The molecule has 0 spiro atoms. The molecule has 0 saturated carbocycles. The van der Waals surface area contributed by atoms with Gasteiger partial charge in [-0.15, -0.1) is 0 Å². The number of benzene rings is 1. The van der Waals surface area contributed by atoms with Gasteiger partial charge in [0.1, 0.15) is 5.75 Å². The lowest BCUT2D eigenvalue weighted by Gasteiger charge is -2.19. The number of hydrogen-bond donors (Lipinski definition) is 2. The number of carboxylic acid groups (broad SMARTS) is 1. The largest absolute Gasteiger partial charge is 0.483 e. The summed E-state index contributed by atoms with van der Waals surface area (Å²) in [5, 5.41) is 8.80. The number of amides is 2. The van der Waals surface area contributed by atoms with E-state index in [4.69, 9.17) is 15.6 Å². The van der Waals surface area contributed by atoms with Crippen LogP contribution in [-0.2, 0) is 9.59 Å². The molecular weight excluding hydrogens is 276 g/mol. The molecule has 1 rings (SSSR count). The molecule has 7 nitrogen and oxygen atoms in total. The molecule has 0 aliphatic rings. The molecule has 1 unspecified atom stereocenters. The Morgan fingerprint density at radius 1 is 1.33 bits per heavy atom. The van der Waals surface area contributed by atoms with E-state index in [2.05, 4.69) is 0 Å². The molecule has 0 radical (unpaired) electrons. The zero-order valence-corrected chi connectivity index (χ0v) is 11.9. The first-order valence-electron chi connectivity index (χ1n) is 6.31. The quantitative estimate of drug-likeness (QED) is 0.753. The van der Waals surface area contributed by atoms with Gasteiger partial charge in [-0.2, -0.15) is 0 Å².